The molecule has 0 saturated carbocycles. The number of aryl methyl sites for hydroxylation is 3. The van der Waals surface area contributed by atoms with Crippen LogP contribution in [0.2, 0.25) is 0 Å². The third-order valence-electron chi connectivity index (χ3n) is 4.21. The van der Waals surface area contributed by atoms with Gasteiger partial charge in [0.1, 0.15) is 18.2 Å². The summed E-state index contributed by atoms with van der Waals surface area (Å²) in [5, 5.41) is 30.2. The van der Waals surface area contributed by atoms with E-state index in [9.17, 15) is 15.8 Å². The molecule has 108 valence electrons. The Morgan fingerprint density at radius 2 is 1.32 bits per heavy atom. The Hall–Kier alpha value is -2.83. The highest BCUT2D eigenvalue weighted by Gasteiger charge is 2.21. The highest BCUT2D eigenvalue weighted by molar-refractivity contribution is 5.97. The Kier molecular flexibility index (Phi) is 4.45. The zero-order valence-electron chi connectivity index (χ0n) is 13.1. The number of nitriles is 3. The second-order valence-electron chi connectivity index (χ2n) is 5.13. The Balaban J connectivity index is 3.20. The summed E-state index contributed by atoms with van der Waals surface area (Å²) in [6, 6.07) is 10.3. The second-order valence-corrected chi connectivity index (χ2v) is 5.13. The molecule has 0 radical (unpaired) electrons. The molecule has 2 rings (SSSR count). The lowest BCUT2D eigenvalue weighted by Gasteiger charge is -2.17. The molecule has 0 aliphatic rings. The van der Waals surface area contributed by atoms with Gasteiger partial charge in [0.15, 0.2) is 0 Å². The van der Waals surface area contributed by atoms with E-state index in [1.807, 2.05) is 19.1 Å². The second kappa shape index (κ2) is 6.30. The summed E-state index contributed by atoms with van der Waals surface area (Å²) in [4.78, 5) is 0. The predicted octanol–water partition coefficient (Wildman–Crippen LogP) is 4.14. The van der Waals surface area contributed by atoms with Gasteiger partial charge in [-0.1, -0.05) is 32.9 Å². The monoisotopic (exact) mass is 287 g/mol. The standard InChI is InChI=1S/C19H17N3/c1-4-12-7-8-15-17(10-21)18(11-22)16(9-20)14(6-3)19(15)13(12)5-2/h7-8H,4-6H2,1-3H3. The summed E-state index contributed by atoms with van der Waals surface area (Å²) >= 11 is 0. The van der Waals surface area contributed by atoms with Crippen LogP contribution < -0.4 is 0 Å². The summed E-state index contributed by atoms with van der Waals surface area (Å²) in [7, 11) is 0. The molecule has 0 N–H and O–H groups in total. The van der Waals surface area contributed by atoms with Crippen LogP contribution in [0, 0.1) is 34.0 Å². The fourth-order valence-corrected chi connectivity index (χ4v) is 3.22. The van der Waals surface area contributed by atoms with Crippen molar-refractivity contribution in [3.05, 3.63) is 45.5 Å². The highest BCUT2D eigenvalue weighted by atomic mass is 14.3. The van der Waals surface area contributed by atoms with E-state index in [0.717, 1.165) is 29.2 Å². The van der Waals surface area contributed by atoms with Crippen LogP contribution in [-0.2, 0) is 19.3 Å². The number of hydrogen-bond donors (Lipinski definition) is 0. The third kappa shape index (κ3) is 2.11. The quantitative estimate of drug-likeness (QED) is 0.851. The van der Waals surface area contributed by atoms with Crippen molar-refractivity contribution in [3.63, 3.8) is 0 Å². The molecular weight excluding hydrogens is 270 g/mol. The van der Waals surface area contributed by atoms with Crippen LogP contribution in [0.3, 0.4) is 0 Å². The molecule has 0 bridgehead atoms. The smallest absolute Gasteiger partial charge is 0.102 e. The maximum atomic E-state index is 9.52. The minimum Gasteiger partial charge on any atom is -0.192 e. The van der Waals surface area contributed by atoms with Crippen molar-refractivity contribution >= 4 is 10.8 Å². The zero-order valence-corrected chi connectivity index (χ0v) is 13.1. The number of nitrogens with zero attached hydrogens (tertiary/aromatic N) is 3. The molecule has 0 spiro atoms. The fraction of sp³-hybridized carbons (Fsp3) is 0.316. The van der Waals surface area contributed by atoms with E-state index in [1.54, 1.807) is 0 Å². The topological polar surface area (TPSA) is 71.4 Å². The van der Waals surface area contributed by atoms with Crippen LogP contribution in [0.25, 0.3) is 10.8 Å². The number of hydrogen-bond acceptors (Lipinski definition) is 3. The lowest BCUT2D eigenvalue weighted by molar-refractivity contribution is 1.04. The van der Waals surface area contributed by atoms with E-state index < -0.39 is 0 Å². The van der Waals surface area contributed by atoms with Gasteiger partial charge < -0.3 is 0 Å². The van der Waals surface area contributed by atoms with E-state index in [-0.39, 0.29) is 5.56 Å². The fourth-order valence-electron chi connectivity index (χ4n) is 3.22. The molecule has 0 fully saturated rings. The largest absolute Gasteiger partial charge is 0.192 e. The molecule has 22 heavy (non-hydrogen) atoms. The number of benzene rings is 2. The maximum Gasteiger partial charge on any atom is 0.102 e. The first kappa shape index (κ1) is 15.6. The molecule has 0 amide bonds. The van der Waals surface area contributed by atoms with Crippen molar-refractivity contribution in [3.8, 4) is 18.2 Å². The molecule has 0 saturated heterocycles. The molecule has 0 atom stereocenters. The first-order chi connectivity index (χ1) is 10.7. The van der Waals surface area contributed by atoms with Gasteiger partial charge in [0.25, 0.3) is 0 Å². The molecule has 0 heterocycles. The van der Waals surface area contributed by atoms with Crippen molar-refractivity contribution in [2.24, 2.45) is 0 Å². The van der Waals surface area contributed by atoms with Crippen LogP contribution in [0.1, 0.15) is 54.2 Å². The predicted molar refractivity (Wildman–Crippen MR) is 86.2 cm³/mol. The number of fused-ring (bicyclic) bond motifs is 1. The van der Waals surface area contributed by atoms with E-state index >= 15 is 0 Å². The molecule has 2 aromatic carbocycles. The van der Waals surface area contributed by atoms with Crippen LogP contribution in [0.4, 0.5) is 0 Å². The first-order valence-corrected chi connectivity index (χ1v) is 7.51. The van der Waals surface area contributed by atoms with Crippen LogP contribution >= 0.6 is 0 Å². The Labute approximate surface area is 131 Å². The molecule has 0 aromatic heterocycles. The summed E-state index contributed by atoms with van der Waals surface area (Å²) < 4.78 is 0. The number of rotatable bonds is 3. The van der Waals surface area contributed by atoms with Gasteiger partial charge in [0, 0.05) is 5.39 Å². The Bertz CT molecular complexity index is 871. The van der Waals surface area contributed by atoms with Crippen molar-refractivity contribution in [2.45, 2.75) is 40.0 Å². The molecular formula is C19H17N3. The first-order valence-electron chi connectivity index (χ1n) is 7.51. The van der Waals surface area contributed by atoms with Gasteiger partial charge in [-0.3, -0.25) is 0 Å². The van der Waals surface area contributed by atoms with Gasteiger partial charge in [-0.15, -0.1) is 0 Å². The average Bonchev–Trinajstić information content (AvgIpc) is 2.57. The van der Waals surface area contributed by atoms with Gasteiger partial charge in [0.2, 0.25) is 0 Å². The summed E-state index contributed by atoms with van der Waals surface area (Å²) in [6.07, 6.45) is 2.42. The van der Waals surface area contributed by atoms with Crippen LogP contribution in [0.15, 0.2) is 12.1 Å². The van der Waals surface area contributed by atoms with Gasteiger partial charge in [-0.25, -0.2) is 0 Å². The SMILES string of the molecule is CCc1ccc2c(C#N)c(C#N)c(C#N)c(CC)c2c1CC. The van der Waals surface area contributed by atoms with Gasteiger partial charge in [0.05, 0.1) is 16.7 Å². The molecule has 2 aromatic rings. The summed E-state index contributed by atoms with van der Waals surface area (Å²) in [5.74, 6) is 0. The lowest BCUT2D eigenvalue weighted by Crippen LogP contribution is -2.03. The minimum atomic E-state index is 0.209. The van der Waals surface area contributed by atoms with Crippen molar-refractivity contribution < 1.29 is 0 Å². The molecule has 3 nitrogen and oxygen atoms in total. The Morgan fingerprint density at radius 3 is 1.77 bits per heavy atom. The van der Waals surface area contributed by atoms with Crippen LogP contribution in [-0.4, -0.2) is 0 Å². The van der Waals surface area contributed by atoms with E-state index in [4.69, 9.17) is 0 Å². The maximum absolute atomic E-state index is 9.52. The molecule has 0 aliphatic heterocycles. The van der Waals surface area contributed by atoms with Crippen molar-refractivity contribution in [1.29, 1.82) is 15.8 Å². The third-order valence-corrected chi connectivity index (χ3v) is 4.21. The van der Waals surface area contributed by atoms with E-state index in [1.165, 1.54) is 11.1 Å². The Morgan fingerprint density at radius 1 is 0.727 bits per heavy atom. The highest BCUT2D eigenvalue weighted by Crippen LogP contribution is 2.34. The van der Waals surface area contributed by atoms with Gasteiger partial charge in [-0.2, -0.15) is 15.8 Å². The lowest BCUT2D eigenvalue weighted by atomic mass is 9.84. The van der Waals surface area contributed by atoms with E-state index in [0.29, 0.717) is 17.5 Å². The normalized spacial score (nSPS) is 10.0. The van der Waals surface area contributed by atoms with Gasteiger partial charge in [-0.05, 0) is 41.3 Å². The minimum absolute atomic E-state index is 0.209. The molecule has 0 unspecified atom stereocenters. The molecule has 3 heteroatoms. The summed E-state index contributed by atoms with van der Waals surface area (Å²) in [6.45, 7) is 6.18. The average molecular weight is 287 g/mol. The summed E-state index contributed by atoms with van der Waals surface area (Å²) in [5.41, 5.74) is 4.21. The van der Waals surface area contributed by atoms with Gasteiger partial charge >= 0.3 is 0 Å². The van der Waals surface area contributed by atoms with Crippen LogP contribution in [0.5, 0.6) is 0 Å². The van der Waals surface area contributed by atoms with Crippen molar-refractivity contribution in [1.82, 2.24) is 0 Å². The van der Waals surface area contributed by atoms with E-state index in [2.05, 4.69) is 32.1 Å². The molecule has 0 aliphatic carbocycles. The zero-order chi connectivity index (χ0) is 16.3. The van der Waals surface area contributed by atoms with Crippen molar-refractivity contribution in [2.75, 3.05) is 0 Å².